The van der Waals surface area contributed by atoms with E-state index in [1.54, 1.807) is 6.07 Å². The second-order valence-corrected chi connectivity index (χ2v) is 6.18. The number of nitrogens with zero attached hydrogens (tertiary/aromatic N) is 1. The number of nitrogens with one attached hydrogen (secondary N) is 1. The topological polar surface area (TPSA) is 15.3 Å². The van der Waals surface area contributed by atoms with Crippen molar-refractivity contribution in [3.63, 3.8) is 0 Å². The molecule has 0 aliphatic carbocycles. The molecule has 1 fully saturated rings. The summed E-state index contributed by atoms with van der Waals surface area (Å²) in [5.41, 5.74) is 1.81. The van der Waals surface area contributed by atoms with Gasteiger partial charge in [0, 0.05) is 19.6 Å². The molecule has 1 heterocycles. The third kappa shape index (κ3) is 4.70. The first-order valence-corrected chi connectivity index (χ1v) is 8.48. The van der Waals surface area contributed by atoms with Crippen LogP contribution in [0.15, 0.2) is 18.2 Å². The average molecular weight is 292 g/mol. The maximum atomic E-state index is 14.3. The fourth-order valence-corrected chi connectivity index (χ4v) is 3.20. The molecule has 0 aromatic heterocycles. The van der Waals surface area contributed by atoms with Crippen molar-refractivity contribution in [1.29, 1.82) is 0 Å². The van der Waals surface area contributed by atoms with Gasteiger partial charge in [-0.15, -0.1) is 0 Å². The zero-order valence-corrected chi connectivity index (χ0v) is 13.5. The summed E-state index contributed by atoms with van der Waals surface area (Å²) in [5.74, 6) is 0.770. The smallest absolute Gasteiger partial charge is 0.146 e. The highest BCUT2D eigenvalue weighted by Crippen LogP contribution is 2.28. The third-order valence-corrected chi connectivity index (χ3v) is 4.42. The molecule has 3 heteroatoms. The van der Waals surface area contributed by atoms with Crippen molar-refractivity contribution >= 4 is 5.69 Å². The molecule has 1 aromatic rings. The van der Waals surface area contributed by atoms with Crippen LogP contribution in [0.2, 0.25) is 0 Å². The van der Waals surface area contributed by atoms with Gasteiger partial charge in [-0.1, -0.05) is 32.8 Å². The van der Waals surface area contributed by atoms with Crippen LogP contribution in [0.25, 0.3) is 0 Å². The van der Waals surface area contributed by atoms with E-state index in [1.807, 2.05) is 6.07 Å². The molecule has 0 bridgehead atoms. The summed E-state index contributed by atoms with van der Waals surface area (Å²) in [7, 11) is 0. The molecule has 0 spiro atoms. The zero-order chi connectivity index (χ0) is 15.1. The van der Waals surface area contributed by atoms with Crippen LogP contribution >= 0.6 is 0 Å². The molecule has 118 valence electrons. The number of halogens is 1. The minimum Gasteiger partial charge on any atom is -0.369 e. The van der Waals surface area contributed by atoms with Crippen molar-refractivity contribution in [2.75, 3.05) is 24.5 Å². The van der Waals surface area contributed by atoms with Gasteiger partial charge in [0.2, 0.25) is 0 Å². The highest BCUT2D eigenvalue weighted by atomic mass is 19.1. The van der Waals surface area contributed by atoms with Gasteiger partial charge in [0.15, 0.2) is 0 Å². The van der Waals surface area contributed by atoms with E-state index in [1.165, 1.54) is 25.7 Å². The Morgan fingerprint density at radius 2 is 1.95 bits per heavy atom. The quantitative estimate of drug-likeness (QED) is 0.752. The Morgan fingerprint density at radius 3 is 2.57 bits per heavy atom. The predicted molar refractivity (Wildman–Crippen MR) is 88.2 cm³/mol. The van der Waals surface area contributed by atoms with Gasteiger partial charge in [0.1, 0.15) is 5.82 Å². The molecule has 2 rings (SSSR count). The summed E-state index contributed by atoms with van der Waals surface area (Å²) in [6, 6.07) is 5.70. The number of anilines is 1. The maximum absolute atomic E-state index is 14.3. The second-order valence-electron chi connectivity index (χ2n) is 6.18. The number of piperidine rings is 1. The lowest BCUT2D eigenvalue weighted by Crippen LogP contribution is -2.34. The fourth-order valence-electron chi connectivity index (χ4n) is 3.20. The molecular weight excluding hydrogens is 263 g/mol. The van der Waals surface area contributed by atoms with Crippen LogP contribution in [0.4, 0.5) is 10.1 Å². The molecule has 0 saturated carbocycles. The Bertz CT molecular complexity index is 425. The molecule has 1 aliphatic heterocycles. The SMILES string of the molecule is CCCNCc1ccc(N2CCC(CCC)CC2)c(F)c1. The van der Waals surface area contributed by atoms with Crippen molar-refractivity contribution in [2.24, 2.45) is 5.92 Å². The van der Waals surface area contributed by atoms with E-state index in [4.69, 9.17) is 0 Å². The first-order valence-electron chi connectivity index (χ1n) is 8.48. The zero-order valence-electron chi connectivity index (χ0n) is 13.5. The molecule has 2 nitrogen and oxygen atoms in total. The van der Waals surface area contributed by atoms with E-state index in [-0.39, 0.29) is 5.82 Å². The van der Waals surface area contributed by atoms with Crippen molar-refractivity contribution in [2.45, 2.75) is 52.5 Å². The van der Waals surface area contributed by atoms with Crippen LogP contribution in [0.3, 0.4) is 0 Å². The monoisotopic (exact) mass is 292 g/mol. The largest absolute Gasteiger partial charge is 0.369 e. The van der Waals surface area contributed by atoms with Gasteiger partial charge in [0.05, 0.1) is 5.69 Å². The van der Waals surface area contributed by atoms with Crippen LogP contribution in [0, 0.1) is 11.7 Å². The number of hydrogen-bond acceptors (Lipinski definition) is 2. The van der Waals surface area contributed by atoms with Crippen molar-refractivity contribution < 1.29 is 4.39 Å². The highest BCUT2D eigenvalue weighted by Gasteiger charge is 2.20. The van der Waals surface area contributed by atoms with Crippen LogP contribution in [-0.4, -0.2) is 19.6 Å². The van der Waals surface area contributed by atoms with Gasteiger partial charge in [0.25, 0.3) is 0 Å². The summed E-state index contributed by atoms with van der Waals surface area (Å²) in [5, 5.41) is 3.32. The van der Waals surface area contributed by atoms with E-state index in [0.29, 0.717) is 0 Å². The maximum Gasteiger partial charge on any atom is 0.146 e. The number of hydrogen-bond donors (Lipinski definition) is 1. The molecule has 0 radical (unpaired) electrons. The first-order chi connectivity index (χ1) is 10.2. The summed E-state index contributed by atoms with van der Waals surface area (Å²) >= 11 is 0. The molecule has 21 heavy (non-hydrogen) atoms. The molecule has 0 unspecified atom stereocenters. The Kier molecular flexibility index (Phi) is 6.50. The summed E-state index contributed by atoms with van der Waals surface area (Å²) in [6.07, 6.45) is 6.09. The Morgan fingerprint density at radius 1 is 1.19 bits per heavy atom. The average Bonchev–Trinajstić information content (AvgIpc) is 2.49. The van der Waals surface area contributed by atoms with Gasteiger partial charge in [-0.05, 0) is 49.4 Å². The second kappa shape index (κ2) is 8.38. The van der Waals surface area contributed by atoms with Crippen LogP contribution in [0.5, 0.6) is 0 Å². The molecular formula is C18H29FN2. The molecule has 1 aliphatic rings. The molecule has 1 N–H and O–H groups in total. The minimum atomic E-state index is -0.0697. The number of rotatable bonds is 7. The lowest BCUT2D eigenvalue weighted by Gasteiger charge is -2.33. The van der Waals surface area contributed by atoms with Gasteiger partial charge in [-0.2, -0.15) is 0 Å². The van der Waals surface area contributed by atoms with Gasteiger partial charge in [-0.25, -0.2) is 4.39 Å². The van der Waals surface area contributed by atoms with E-state index >= 15 is 0 Å². The van der Waals surface area contributed by atoms with Gasteiger partial charge < -0.3 is 10.2 Å². The lowest BCUT2D eigenvalue weighted by molar-refractivity contribution is 0.376. The number of benzene rings is 1. The van der Waals surface area contributed by atoms with E-state index in [2.05, 4.69) is 30.1 Å². The van der Waals surface area contributed by atoms with Crippen molar-refractivity contribution in [3.8, 4) is 0 Å². The first kappa shape index (κ1) is 16.3. The summed E-state index contributed by atoms with van der Waals surface area (Å²) in [4.78, 5) is 2.21. The standard InChI is InChI=1S/C18H29FN2/c1-3-5-15-8-11-21(12-9-15)18-7-6-16(13-17(18)19)14-20-10-4-2/h6-7,13,15,20H,3-5,8-12,14H2,1-2H3. The Hall–Kier alpha value is -1.09. The summed E-state index contributed by atoms with van der Waals surface area (Å²) < 4.78 is 14.3. The van der Waals surface area contributed by atoms with Crippen LogP contribution in [0.1, 0.15) is 51.5 Å². The minimum absolute atomic E-state index is 0.0697. The fraction of sp³-hybridized carbons (Fsp3) is 0.667. The molecule has 1 aromatic carbocycles. The predicted octanol–water partition coefficient (Wildman–Crippen LogP) is 4.34. The van der Waals surface area contributed by atoms with Crippen LogP contribution in [-0.2, 0) is 6.54 Å². The van der Waals surface area contributed by atoms with E-state index < -0.39 is 0 Å². The van der Waals surface area contributed by atoms with Crippen LogP contribution < -0.4 is 10.2 Å². The van der Waals surface area contributed by atoms with Crippen molar-refractivity contribution in [1.82, 2.24) is 5.32 Å². The van der Waals surface area contributed by atoms with Crippen molar-refractivity contribution in [3.05, 3.63) is 29.6 Å². The van der Waals surface area contributed by atoms with Gasteiger partial charge >= 0.3 is 0 Å². The third-order valence-electron chi connectivity index (χ3n) is 4.42. The Labute approximate surface area is 128 Å². The lowest BCUT2D eigenvalue weighted by atomic mass is 9.92. The van der Waals surface area contributed by atoms with E-state index in [0.717, 1.165) is 49.8 Å². The van der Waals surface area contributed by atoms with E-state index in [9.17, 15) is 4.39 Å². The van der Waals surface area contributed by atoms with Gasteiger partial charge in [-0.3, -0.25) is 0 Å². The molecule has 1 saturated heterocycles. The normalized spacial score (nSPS) is 16.4. The molecule has 0 atom stereocenters. The molecule has 0 amide bonds. The highest BCUT2D eigenvalue weighted by molar-refractivity contribution is 5.49. The Balaban J connectivity index is 1.92. The summed E-state index contributed by atoms with van der Waals surface area (Å²) in [6.45, 7) is 8.11.